The lowest BCUT2D eigenvalue weighted by Gasteiger charge is -2.31. The summed E-state index contributed by atoms with van der Waals surface area (Å²) < 4.78 is 23.3. The van der Waals surface area contributed by atoms with Crippen molar-refractivity contribution in [2.75, 3.05) is 52.6 Å². The standard InChI is InChI=1S/C34H58N4O6/c1-9-11-16-41-23-29(21-37-19-25(37)3)43-31(39)35-33(5,6)27-14-13-15-28(18-27)34(7,8)36-32(40)44-30(22-38-20-26(38)4)24-42-17-12-10-2/h13-15,18,25-26,29-30H,9-12,16-17,19-24H2,1-8H3,(H,35,39)(H,36,40). The second kappa shape index (κ2) is 16.8. The molecule has 0 aliphatic carbocycles. The first-order valence-electron chi connectivity index (χ1n) is 16.6. The Morgan fingerprint density at radius 1 is 0.795 bits per heavy atom. The normalized spacial score (nSPS) is 22.5. The number of ether oxygens (including phenoxy) is 4. The monoisotopic (exact) mass is 618 g/mol. The number of nitrogens with zero attached hydrogens (tertiary/aromatic N) is 2. The Balaban J connectivity index is 1.58. The second-order valence-corrected chi connectivity index (χ2v) is 13.6. The topological polar surface area (TPSA) is 101 Å². The number of amides is 2. The van der Waals surface area contributed by atoms with Crippen LogP contribution in [0.15, 0.2) is 24.3 Å². The summed E-state index contributed by atoms with van der Waals surface area (Å²) in [5, 5.41) is 6.09. The summed E-state index contributed by atoms with van der Waals surface area (Å²) in [5.74, 6) is 0. The lowest BCUT2D eigenvalue weighted by atomic mass is 9.87. The molecule has 10 nitrogen and oxygen atoms in total. The quantitative estimate of drug-likeness (QED) is 0.148. The number of alkyl carbamates (subject to hydrolysis) is 2. The molecule has 1 aromatic rings. The molecule has 6 unspecified atom stereocenters. The molecule has 2 aliphatic heterocycles. The van der Waals surface area contributed by atoms with Crippen molar-refractivity contribution < 1.29 is 28.5 Å². The molecule has 250 valence electrons. The molecule has 6 atom stereocenters. The van der Waals surface area contributed by atoms with E-state index in [0.717, 1.165) is 49.9 Å². The third-order valence-corrected chi connectivity index (χ3v) is 8.43. The molecule has 0 bridgehead atoms. The maximum Gasteiger partial charge on any atom is 0.408 e. The van der Waals surface area contributed by atoms with E-state index in [0.29, 0.717) is 51.6 Å². The summed E-state index contributed by atoms with van der Waals surface area (Å²) in [5.41, 5.74) is 0.341. The second-order valence-electron chi connectivity index (χ2n) is 13.6. The van der Waals surface area contributed by atoms with Gasteiger partial charge in [-0.3, -0.25) is 9.80 Å². The highest BCUT2D eigenvalue weighted by atomic mass is 16.6. The molecule has 0 radical (unpaired) electrons. The molecule has 1 aromatic carbocycles. The van der Waals surface area contributed by atoms with Gasteiger partial charge in [0, 0.05) is 51.5 Å². The zero-order valence-corrected chi connectivity index (χ0v) is 28.4. The summed E-state index contributed by atoms with van der Waals surface area (Å²) in [4.78, 5) is 30.7. The molecule has 2 amide bonds. The molecule has 2 saturated heterocycles. The lowest BCUT2D eigenvalue weighted by molar-refractivity contribution is 0.00996. The number of hydrogen-bond donors (Lipinski definition) is 2. The van der Waals surface area contributed by atoms with Gasteiger partial charge in [0.15, 0.2) is 0 Å². The van der Waals surface area contributed by atoms with E-state index in [1.807, 2.05) is 52.0 Å². The van der Waals surface area contributed by atoms with Crippen LogP contribution < -0.4 is 10.6 Å². The lowest BCUT2D eigenvalue weighted by Crippen LogP contribution is -2.45. The van der Waals surface area contributed by atoms with Crippen molar-refractivity contribution in [1.82, 2.24) is 20.4 Å². The summed E-state index contributed by atoms with van der Waals surface area (Å²) >= 11 is 0. The van der Waals surface area contributed by atoms with Gasteiger partial charge in [-0.05, 0) is 65.5 Å². The highest BCUT2D eigenvalue weighted by Crippen LogP contribution is 2.27. The first kappa shape index (κ1) is 36.1. The molecule has 10 heteroatoms. The van der Waals surface area contributed by atoms with E-state index in [-0.39, 0.29) is 12.2 Å². The van der Waals surface area contributed by atoms with Gasteiger partial charge in [0.2, 0.25) is 0 Å². The third kappa shape index (κ3) is 12.2. The highest BCUT2D eigenvalue weighted by molar-refractivity contribution is 5.69. The first-order valence-corrected chi connectivity index (χ1v) is 16.6. The molecule has 0 spiro atoms. The van der Waals surface area contributed by atoms with Crippen molar-refractivity contribution in [3.63, 3.8) is 0 Å². The Morgan fingerprint density at radius 3 is 1.52 bits per heavy atom. The van der Waals surface area contributed by atoms with Crippen LogP contribution in [-0.2, 0) is 30.0 Å². The van der Waals surface area contributed by atoms with Crippen LogP contribution in [0.2, 0.25) is 0 Å². The van der Waals surface area contributed by atoms with Gasteiger partial charge >= 0.3 is 12.2 Å². The van der Waals surface area contributed by atoms with Crippen LogP contribution in [-0.4, -0.2) is 98.9 Å². The zero-order valence-electron chi connectivity index (χ0n) is 28.4. The van der Waals surface area contributed by atoms with E-state index in [1.54, 1.807) is 0 Å². The number of hydrogen-bond acceptors (Lipinski definition) is 8. The van der Waals surface area contributed by atoms with Crippen molar-refractivity contribution in [3.8, 4) is 0 Å². The molecule has 2 N–H and O–H groups in total. The molecular formula is C34H58N4O6. The number of carbonyl (C=O) groups is 2. The predicted octanol–water partition coefficient (Wildman–Crippen LogP) is 5.39. The Morgan fingerprint density at radius 2 is 1.18 bits per heavy atom. The van der Waals surface area contributed by atoms with Crippen LogP contribution in [0.1, 0.15) is 92.2 Å². The summed E-state index contributed by atoms with van der Waals surface area (Å²) in [6.07, 6.45) is 2.45. The number of benzene rings is 1. The summed E-state index contributed by atoms with van der Waals surface area (Å²) in [7, 11) is 0. The minimum absolute atomic E-state index is 0.339. The van der Waals surface area contributed by atoms with E-state index in [1.165, 1.54) is 0 Å². The molecule has 2 aliphatic rings. The molecule has 44 heavy (non-hydrogen) atoms. The summed E-state index contributed by atoms with van der Waals surface area (Å²) in [6.45, 7) is 21.8. The fourth-order valence-electron chi connectivity index (χ4n) is 5.10. The van der Waals surface area contributed by atoms with Crippen molar-refractivity contribution in [1.29, 1.82) is 0 Å². The van der Waals surface area contributed by atoms with Crippen molar-refractivity contribution in [2.45, 2.75) is 116 Å². The SMILES string of the molecule is CCCCOCC(CN1CC1C)OC(=O)NC(C)(C)c1cccc(C(C)(C)NC(=O)OC(COCCCC)CN2CC2C)c1. The van der Waals surface area contributed by atoms with Crippen molar-refractivity contribution in [2.24, 2.45) is 0 Å². The Hall–Kier alpha value is -2.40. The van der Waals surface area contributed by atoms with Crippen LogP contribution in [0.3, 0.4) is 0 Å². The molecule has 0 saturated carbocycles. The number of unbranched alkanes of at least 4 members (excludes halogenated alkanes) is 2. The fraction of sp³-hybridized carbons (Fsp3) is 0.765. The molecular weight excluding hydrogens is 560 g/mol. The largest absolute Gasteiger partial charge is 0.442 e. The van der Waals surface area contributed by atoms with Gasteiger partial charge in [-0.15, -0.1) is 0 Å². The first-order chi connectivity index (χ1) is 20.8. The minimum Gasteiger partial charge on any atom is -0.442 e. The molecule has 2 heterocycles. The Labute approximate surface area is 265 Å². The highest BCUT2D eigenvalue weighted by Gasteiger charge is 2.35. The average molecular weight is 619 g/mol. The van der Waals surface area contributed by atoms with Gasteiger partial charge in [-0.1, -0.05) is 51.0 Å². The van der Waals surface area contributed by atoms with E-state index >= 15 is 0 Å². The van der Waals surface area contributed by atoms with Gasteiger partial charge < -0.3 is 29.6 Å². The van der Waals surface area contributed by atoms with E-state index in [4.69, 9.17) is 18.9 Å². The van der Waals surface area contributed by atoms with Crippen molar-refractivity contribution >= 4 is 12.2 Å². The van der Waals surface area contributed by atoms with Gasteiger partial charge in [0.1, 0.15) is 12.2 Å². The minimum atomic E-state index is -0.721. The van der Waals surface area contributed by atoms with E-state index in [2.05, 4.69) is 48.1 Å². The maximum atomic E-state index is 13.1. The zero-order chi connectivity index (χ0) is 32.3. The Bertz CT molecular complexity index is 973. The summed E-state index contributed by atoms with van der Waals surface area (Å²) in [6, 6.07) is 8.90. The molecule has 0 aromatic heterocycles. The Kier molecular flexibility index (Phi) is 13.8. The number of rotatable bonds is 20. The van der Waals surface area contributed by atoms with Gasteiger partial charge in [0.25, 0.3) is 0 Å². The van der Waals surface area contributed by atoms with Crippen LogP contribution in [0, 0.1) is 0 Å². The smallest absolute Gasteiger partial charge is 0.408 e. The fourth-order valence-corrected chi connectivity index (χ4v) is 5.10. The van der Waals surface area contributed by atoms with Gasteiger partial charge in [0.05, 0.1) is 24.3 Å². The van der Waals surface area contributed by atoms with Crippen LogP contribution in [0.4, 0.5) is 9.59 Å². The predicted molar refractivity (Wildman–Crippen MR) is 173 cm³/mol. The maximum absolute atomic E-state index is 13.1. The molecule has 2 fully saturated rings. The number of nitrogens with one attached hydrogen (secondary N) is 2. The third-order valence-electron chi connectivity index (χ3n) is 8.43. The average Bonchev–Trinajstić information content (AvgIpc) is 3.85. The van der Waals surface area contributed by atoms with Gasteiger partial charge in [-0.2, -0.15) is 0 Å². The molecule has 3 rings (SSSR count). The van der Waals surface area contributed by atoms with Crippen molar-refractivity contribution in [3.05, 3.63) is 35.4 Å². The number of carbonyl (C=O) groups excluding carboxylic acids is 2. The van der Waals surface area contributed by atoms with E-state index in [9.17, 15) is 9.59 Å². The van der Waals surface area contributed by atoms with E-state index < -0.39 is 23.3 Å². The van der Waals surface area contributed by atoms with Crippen LogP contribution in [0.5, 0.6) is 0 Å². The van der Waals surface area contributed by atoms with Gasteiger partial charge in [-0.25, -0.2) is 9.59 Å². The van der Waals surface area contributed by atoms with Crippen LogP contribution >= 0.6 is 0 Å². The van der Waals surface area contributed by atoms with Crippen LogP contribution in [0.25, 0.3) is 0 Å².